The van der Waals surface area contributed by atoms with E-state index in [1.165, 1.54) is 0 Å². The summed E-state index contributed by atoms with van der Waals surface area (Å²) < 4.78 is 6.16. The van der Waals surface area contributed by atoms with Crippen LogP contribution < -0.4 is 5.36 Å². The zero-order valence-electron chi connectivity index (χ0n) is 16.1. The minimum absolute atomic E-state index is 0.444. The highest BCUT2D eigenvalue weighted by Gasteiger charge is 2.09. The molecule has 3 aromatic carbocycles. The highest BCUT2D eigenvalue weighted by Crippen LogP contribution is 2.25. The Kier molecular flexibility index (Phi) is 4.58. The smallest absolute Gasteiger partial charge is 0.155 e. The quantitative estimate of drug-likeness (QED) is 0.230. The number of aromatic nitrogens is 1. The zero-order chi connectivity index (χ0) is 20.3. The van der Waals surface area contributed by atoms with Crippen molar-refractivity contribution in [2.24, 2.45) is 5.16 Å². The van der Waals surface area contributed by atoms with Gasteiger partial charge in [0.1, 0.15) is 16.6 Å². The monoisotopic (exact) mass is 390 g/mol. The molecule has 0 bridgehead atoms. The summed E-state index contributed by atoms with van der Waals surface area (Å²) in [4.78, 5) is 4.53. The maximum absolute atomic E-state index is 9.55. The fourth-order valence-electron chi connectivity index (χ4n) is 3.47. The predicted octanol–water partition coefficient (Wildman–Crippen LogP) is 6.11. The highest BCUT2D eigenvalue weighted by molar-refractivity contribution is 5.86. The van der Waals surface area contributed by atoms with Gasteiger partial charge >= 0.3 is 0 Å². The van der Waals surface area contributed by atoms with Crippen LogP contribution >= 0.6 is 0 Å². The van der Waals surface area contributed by atoms with E-state index in [0.717, 1.165) is 27.3 Å². The summed E-state index contributed by atoms with van der Waals surface area (Å²) in [6.07, 6.45) is 5.90. The van der Waals surface area contributed by atoms with Crippen LogP contribution in [0.2, 0.25) is 0 Å². The average Bonchev–Trinajstić information content (AvgIpc) is 2.82. The minimum Gasteiger partial charge on any atom is -0.454 e. The van der Waals surface area contributed by atoms with Crippen molar-refractivity contribution >= 4 is 33.9 Å². The summed E-state index contributed by atoms with van der Waals surface area (Å²) in [5.41, 5.74) is 3.42. The first-order valence-corrected chi connectivity index (χ1v) is 9.64. The lowest BCUT2D eigenvalue weighted by molar-refractivity contribution is 0.302. The van der Waals surface area contributed by atoms with Gasteiger partial charge in [-0.15, -0.1) is 0 Å². The van der Waals surface area contributed by atoms with Crippen LogP contribution in [-0.2, 0) is 0 Å². The van der Waals surface area contributed by atoms with Crippen LogP contribution in [0.1, 0.15) is 11.1 Å². The maximum Gasteiger partial charge on any atom is 0.155 e. The number of rotatable bonds is 3. The van der Waals surface area contributed by atoms with Crippen LogP contribution in [0.3, 0.4) is 0 Å². The molecular weight excluding hydrogens is 372 g/mol. The molecule has 0 aliphatic carbocycles. The second-order valence-corrected chi connectivity index (χ2v) is 7.01. The van der Waals surface area contributed by atoms with E-state index >= 15 is 0 Å². The number of hydrogen-bond donors (Lipinski definition) is 1. The molecule has 2 aromatic heterocycles. The Hall–Kier alpha value is -4.18. The van der Waals surface area contributed by atoms with Gasteiger partial charge in [0.25, 0.3) is 0 Å². The maximum atomic E-state index is 9.55. The van der Waals surface area contributed by atoms with Crippen molar-refractivity contribution in [2.75, 3.05) is 0 Å². The van der Waals surface area contributed by atoms with E-state index in [4.69, 9.17) is 4.42 Å². The Labute approximate surface area is 173 Å². The Morgan fingerprint density at radius 1 is 0.767 bits per heavy atom. The molecule has 0 saturated heterocycles. The van der Waals surface area contributed by atoms with Gasteiger partial charge in [0.05, 0.1) is 0 Å². The predicted molar refractivity (Wildman–Crippen MR) is 120 cm³/mol. The van der Waals surface area contributed by atoms with Crippen LogP contribution in [0.25, 0.3) is 45.3 Å². The molecule has 0 aliphatic rings. The van der Waals surface area contributed by atoms with Crippen molar-refractivity contribution in [3.63, 3.8) is 0 Å². The number of pyridine rings is 1. The van der Waals surface area contributed by atoms with Gasteiger partial charge in [-0.2, -0.15) is 0 Å². The van der Waals surface area contributed by atoms with E-state index in [-0.39, 0.29) is 0 Å². The van der Waals surface area contributed by atoms with Crippen molar-refractivity contribution < 1.29 is 9.62 Å². The van der Waals surface area contributed by atoms with Crippen LogP contribution in [0.15, 0.2) is 101 Å². The minimum atomic E-state index is 0.444. The van der Waals surface area contributed by atoms with Crippen LogP contribution in [0.5, 0.6) is 0 Å². The first kappa shape index (κ1) is 17.9. The summed E-state index contributed by atoms with van der Waals surface area (Å²) in [7, 11) is 0. The second-order valence-electron chi connectivity index (χ2n) is 7.01. The van der Waals surface area contributed by atoms with Gasteiger partial charge in [0.2, 0.25) is 0 Å². The Morgan fingerprint density at radius 3 is 2.37 bits per heavy atom. The number of hydrogen-bond acceptors (Lipinski definition) is 4. The van der Waals surface area contributed by atoms with Gasteiger partial charge in [-0.25, -0.2) is 0 Å². The number of fused-ring (bicyclic) bond motifs is 2. The third-order valence-corrected chi connectivity index (χ3v) is 5.03. The topological polar surface area (TPSA) is 58.6 Å². The van der Waals surface area contributed by atoms with Crippen molar-refractivity contribution in [3.05, 3.63) is 108 Å². The molecule has 0 radical (unpaired) electrons. The van der Waals surface area contributed by atoms with Crippen LogP contribution in [-0.4, -0.2) is 10.2 Å². The zero-order valence-corrected chi connectivity index (χ0v) is 16.1. The number of nitrogens with zero attached hydrogens (tertiary/aromatic N) is 2. The third-order valence-electron chi connectivity index (χ3n) is 5.03. The fraction of sp³-hybridized carbons (Fsp3) is 0. The summed E-state index contributed by atoms with van der Waals surface area (Å²) in [6.45, 7) is 0. The molecule has 0 aliphatic heterocycles. The van der Waals surface area contributed by atoms with E-state index < -0.39 is 0 Å². The standard InChI is InChI=1S/C26H18N2O2/c29-28-23-16-26(24-15-20-8-4-5-9-21(20)17-27-24)30-25-14-19(12-13-22(23)25)11-10-18-6-2-1-3-7-18/h1-17,29H/b11-10+,28-23+. The summed E-state index contributed by atoms with van der Waals surface area (Å²) in [6, 6.07) is 27.6. The molecule has 1 N–H and O–H groups in total. The van der Waals surface area contributed by atoms with Gasteiger partial charge in [-0.1, -0.05) is 78.0 Å². The van der Waals surface area contributed by atoms with E-state index in [2.05, 4.69) is 10.1 Å². The van der Waals surface area contributed by atoms with Gasteiger partial charge < -0.3 is 9.62 Å². The molecule has 5 aromatic rings. The normalized spacial score (nSPS) is 12.2. The molecule has 2 heterocycles. The molecule has 4 heteroatoms. The van der Waals surface area contributed by atoms with Crippen molar-refractivity contribution in [2.45, 2.75) is 0 Å². The van der Waals surface area contributed by atoms with Gasteiger partial charge in [0, 0.05) is 23.0 Å². The molecule has 0 saturated carbocycles. The van der Waals surface area contributed by atoms with Crippen LogP contribution in [0, 0.1) is 0 Å². The third kappa shape index (κ3) is 3.47. The van der Waals surface area contributed by atoms with Crippen LogP contribution in [0.4, 0.5) is 0 Å². The fourth-order valence-corrected chi connectivity index (χ4v) is 3.47. The molecule has 5 rings (SSSR count). The lowest BCUT2D eigenvalue weighted by Crippen LogP contribution is -2.03. The lowest BCUT2D eigenvalue weighted by Gasteiger charge is -2.06. The lowest BCUT2D eigenvalue weighted by atomic mass is 10.1. The van der Waals surface area contributed by atoms with E-state index in [1.807, 2.05) is 97.2 Å². The molecular formula is C26H18N2O2. The van der Waals surface area contributed by atoms with Gasteiger partial charge in [-0.05, 0) is 34.7 Å². The first-order chi connectivity index (χ1) is 14.8. The summed E-state index contributed by atoms with van der Waals surface area (Å²) in [5, 5.41) is 16.3. The molecule has 0 spiro atoms. The average molecular weight is 390 g/mol. The Morgan fingerprint density at radius 2 is 1.53 bits per heavy atom. The molecule has 30 heavy (non-hydrogen) atoms. The van der Waals surface area contributed by atoms with Crippen molar-refractivity contribution in [1.29, 1.82) is 0 Å². The Balaban J connectivity index is 1.61. The molecule has 4 nitrogen and oxygen atoms in total. The van der Waals surface area contributed by atoms with E-state index in [1.54, 1.807) is 6.07 Å². The molecule has 0 atom stereocenters. The highest BCUT2D eigenvalue weighted by atomic mass is 16.4. The van der Waals surface area contributed by atoms with E-state index in [9.17, 15) is 5.21 Å². The second kappa shape index (κ2) is 7.68. The molecule has 0 unspecified atom stereocenters. The summed E-state index contributed by atoms with van der Waals surface area (Å²) in [5.74, 6) is 0.547. The van der Waals surface area contributed by atoms with Gasteiger partial charge in [0.15, 0.2) is 5.76 Å². The molecule has 0 amide bonds. The summed E-state index contributed by atoms with van der Waals surface area (Å²) >= 11 is 0. The first-order valence-electron chi connectivity index (χ1n) is 9.64. The Bertz CT molecular complexity index is 1450. The largest absolute Gasteiger partial charge is 0.454 e. The molecule has 144 valence electrons. The molecule has 0 fully saturated rings. The van der Waals surface area contributed by atoms with Gasteiger partial charge in [-0.3, -0.25) is 4.98 Å². The van der Waals surface area contributed by atoms with Crippen molar-refractivity contribution in [1.82, 2.24) is 4.98 Å². The van der Waals surface area contributed by atoms with E-state index in [0.29, 0.717) is 22.4 Å². The number of benzene rings is 3. The van der Waals surface area contributed by atoms with Crippen molar-refractivity contribution in [3.8, 4) is 11.5 Å². The SMILES string of the molecule is O/N=c1\cc(-c2cc3ccccc3cn2)oc2cc(/C=C/c3ccccc3)ccc12.